The van der Waals surface area contributed by atoms with Crippen LogP contribution in [0.25, 0.3) is 21.5 Å². The maximum Gasteiger partial charge on any atom is 0.205 e. The van der Waals surface area contributed by atoms with Gasteiger partial charge in [0.2, 0.25) is 23.0 Å². The molecule has 0 atom stereocenters. The number of anilines is 4. The van der Waals surface area contributed by atoms with Crippen LogP contribution in [0, 0.1) is 0 Å². The Morgan fingerprint density at radius 2 is 0.471 bits per heavy atom. The number of hydrogen-bond acceptors (Lipinski definition) is 14. The molecule has 0 aliphatic carbocycles. The quantitative estimate of drug-likeness (QED) is 0.113. The minimum absolute atomic E-state index is 0.390. The molecule has 0 saturated carbocycles. The number of fused-ring (bicyclic) bond motifs is 6. The molecule has 176 valence electrons. The molecule has 0 amide bonds. The Morgan fingerprint density at radius 3 is 0.794 bits per heavy atom. The molecular formula is C20H14N2O12. The van der Waals surface area contributed by atoms with Gasteiger partial charge in [0.15, 0.2) is 46.0 Å². The van der Waals surface area contributed by atoms with Crippen LogP contribution in [0.3, 0.4) is 0 Å². The lowest BCUT2D eigenvalue weighted by Crippen LogP contribution is -2.09. The first-order valence-corrected chi connectivity index (χ1v) is 9.18. The normalized spacial score (nSPS) is 12.2. The van der Waals surface area contributed by atoms with Crippen molar-refractivity contribution >= 4 is 44.3 Å². The van der Waals surface area contributed by atoms with Gasteiger partial charge in [0.25, 0.3) is 0 Å². The Morgan fingerprint density at radius 1 is 0.235 bits per heavy atom. The van der Waals surface area contributed by atoms with Crippen molar-refractivity contribution in [3.63, 3.8) is 0 Å². The number of rotatable bonds is 0. The van der Waals surface area contributed by atoms with Gasteiger partial charge in [0.05, 0.1) is 32.9 Å². The largest absolute Gasteiger partial charge is 0.504 e. The molecule has 4 aromatic rings. The third-order valence-corrected chi connectivity index (χ3v) is 5.69. The molecule has 1 aliphatic heterocycles. The number of phenols is 12. The Hall–Kier alpha value is -5.40. The molecule has 34 heavy (non-hydrogen) atoms. The van der Waals surface area contributed by atoms with Gasteiger partial charge in [0.1, 0.15) is 11.4 Å². The Labute approximate surface area is 185 Å². The van der Waals surface area contributed by atoms with Gasteiger partial charge in [-0.2, -0.15) is 0 Å². The number of hydrogen-bond donors (Lipinski definition) is 14. The van der Waals surface area contributed by atoms with Crippen molar-refractivity contribution in [1.82, 2.24) is 0 Å². The average molecular weight is 474 g/mol. The Kier molecular flexibility index (Phi) is 3.68. The third-order valence-electron chi connectivity index (χ3n) is 5.69. The van der Waals surface area contributed by atoms with Crippen molar-refractivity contribution in [3.05, 3.63) is 0 Å². The molecule has 0 aromatic heterocycles. The van der Waals surface area contributed by atoms with Crippen LogP contribution in [0.15, 0.2) is 0 Å². The minimum Gasteiger partial charge on any atom is -0.504 e. The maximum absolute atomic E-state index is 10.5. The predicted molar refractivity (Wildman–Crippen MR) is 114 cm³/mol. The molecule has 0 bridgehead atoms. The second-order valence-corrected chi connectivity index (χ2v) is 7.43. The lowest BCUT2D eigenvalue weighted by molar-refractivity contribution is 0.349. The number of aromatic hydroxyl groups is 12. The third kappa shape index (κ3) is 2.12. The smallest absolute Gasteiger partial charge is 0.205 e. The molecule has 0 unspecified atom stereocenters. The van der Waals surface area contributed by atoms with E-state index in [-0.39, 0.29) is 0 Å². The van der Waals surface area contributed by atoms with Crippen LogP contribution in [-0.4, -0.2) is 61.3 Å². The van der Waals surface area contributed by atoms with E-state index in [1.165, 1.54) is 0 Å². The predicted octanol–water partition coefficient (Wildman–Crippen LogP) is 2.26. The van der Waals surface area contributed by atoms with Crippen LogP contribution in [0.2, 0.25) is 0 Å². The van der Waals surface area contributed by atoms with E-state index in [0.717, 1.165) is 0 Å². The lowest BCUT2D eigenvalue weighted by Gasteiger charge is -2.29. The van der Waals surface area contributed by atoms with E-state index in [2.05, 4.69) is 10.6 Å². The summed E-state index contributed by atoms with van der Waals surface area (Å²) >= 11 is 0. The summed E-state index contributed by atoms with van der Waals surface area (Å²) in [6.45, 7) is 0. The van der Waals surface area contributed by atoms with Gasteiger partial charge in [0, 0.05) is 0 Å². The first-order valence-electron chi connectivity index (χ1n) is 9.18. The molecule has 0 radical (unpaired) electrons. The summed E-state index contributed by atoms with van der Waals surface area (Å²) in [4.78, 5) is 0. The molecule has 1 heterocycles. The fraction of sp³-hybridized carbons (Fsp3) is 0. The van der Waals surface area contributed by atoms with Gasteiger partial charge in [-0.1, -0.05) is 0 Å². The molecule has 14 heteroatoms. The fourth-order valence-electron chi connectivity index (χ4n) is 4.05. The molecule has 14 nitrogen and oxygen atoms in total. The topological polar surface area (TPSA) is 267 Å². The van der Waals surface area contributed by atoms with Crippen LogP contribution in [0.5, 0.6) is 69.0 Å². The van der Waals surface area contributed by atoms with Crippen molar-refractivity contribution < 1.29 is 61.3 Å². The monoisotopic (exact) mass is 474 g/mol. The standard InChI is InChI=1S/C20H14N2O12/c23-9-1-3(13(27)19(33)17(9)31)11(25)15(29)7-5(1)21-6-2-4(12(26)16(30)8(6)22-7)14(28)20(34)18(32)10(2)24/h21-34H. The maximum atomic E-state index is 10.5. The molecule has 0 saturated heterocycles. The second kappa shape index (κ2) is 6.10. The zero-order chi connectivity index (χ0) is 25.0. The summed E-state index contributed by atoms with van der Waals surface area (Å²) in [7, 11) is 0. The van der Waals surface area contributed by atoms with E-state index in [0.29, 0.717) is 0 Å². The van der Waals surface area contributed by atoms with Gasteiger partial charge in [-0.3, -0.25) is 0 Å². The average Bonchev–Trinajstić information content (AvgIpc) is 2.82. The van der Waals surface area contributed by atoms with Crippen molar-refractivity contribution in [1.29, 1.82) is 0 Å². The zero-order valence-corrected chi connectivity index (χ0v) is 16.4. The van der Waals surface area contributed by atoms with Crippen LogP contribution in [0.1, 0.15) is 0 Å². The van der Waals surface area contributed by atoms with Crippen LogP contribution < -0.4 is 10.6 Å². The van der Waals surface area contributed by atoms with E-state index in [1.54, 1.807) is 0 Å². The second-order valence-electron chi connectivity index (χ2n) is 7.43. The van der Waals surface area contributed by atoms with Crippen molar-refractivity contribution in [2.75, 3.05) is 10.6 Å². The number of nitrogens with one attached hydrogen (secondary N) is 2. The van der Waals surface area contributed by atoms with E-state index in [1.807, 2.05) is 0 Å². The summed E-state index contributed by atoms with van der Waals surface area (Å²) in [5.74, 6) is -13.2. The van der Waals surface area contributed by atoms with Crippen LogP contribution in [-0.2, 0) is 0 Å². The first-order chi connectivity index (χ1) is 15.9. The van der Waals surface area contributed by atoms with E-state index < -0.39 is 113 Å². The van der Waals surface area contributed by atoms with Gasteiger partial charge in [-0.15, -0.1) is 0 Å². The lowest BCUT2D eigenvalue weighted by atomic mass is 9.96. The zero-order valence-electron chi connectivity index (χ0n) is 16.4. The van der Waals surface area contributed by atoms with Crippen molar-refractivity contribution in [3.8, 4) is 69.0 Å². The Bertz CT molecular complexity index is 1510. The highest BCUT2D eigenvalue weighted by Gasteiger charge is 2.35. The minimum atomic E-state index is -1.21. The van der Waals surface area contributed by atoms with E-state index >= 15 is 0 Å². The molecule has 1 aliphatic rings. The highest BCUT2D eigenvalue weighted by atomic mass is 16.4. The SMILES string of the molecule is Oc1c(O)c(O)c2c3c(c(O)c(O)c2c1O)Nc1c(O)c(O)c2c(O)c(O)c(O)c(O)c2c1N3. The summed E-state index contributed by atoms with van der Waals surface area (Å²) in [6, 6.07) is 0. The fourth-order valence-corrected chi connectivity index (χ4v) is 4.05. The summed E-state index contributed by atoms with van der Waals surface area (Å²) < 4.78 is 0. The molecule has 4 aromatic carbocycles. The first kappa shape index (κ1) is 20.5. The molecular weight excluding hydrogens is 460 g/mol. The van der Waals surface area contributed by atoms with Crippen LogP contribution in [0.4, 0.5) is 22.7 Å². The summed E-state index contributed by atoms with van der Waals surface area (Å²) in [6.07, 6.45) is 0. The molecule has 0 fully saturated rings. The molecule has 14 N–H and O–H groups in total. The summed E-state index contributed by atoms with van der Waals surface area (Å²) in [5.41, 5.74) is -1.70. The number of phenolic OH excluding ortho intramolecular Hbond substituents is 12. The van der Waals surface area contributed by atoms with Gasteiger partial charge in [-0.25, -0.2) is 0 Å². The highest BCUT2D eigenvalue weighted by Crippen LogP contribution is 2.65. The van der Waals surface area contributed by atoms with Gasteiger partial charge in [-0.05, 0) is 0 Å². The summed E-state index contributed by atoms with van der Waals surface area (Å²) in [5, 5.41) is 125. The number of benzene rings is 4. The van der Waals surface area contributed by atoms with E-state index in [4.69, 9.17) is 0 Å². The van der Waals surface area contributed by atoms with Crippen molar-refractivity contribution in [2.45, 2.75) is 0 Å². The van der Waals surface area contributed by atoms with Gasteiger partial charge < -0.3 is 71.9 Å². The van der Waals surface area contributed by atoms with Gasteiger partial charge >= 0.3 is 0 Å². The van der Waals surface area contributed by atoms with Crippen molar-refractivity contribution in [2.24, 2.45) is 0 Å². The van der Waals surface area contributed by atoms with E-state index in [9.17, 15) is 61.3 Å². The molecule has 0 spiro atoms. The Balaban J connectivity index is 1.98. The van der Waals surface area contributed by atoms with Crippen LogP contribution >= 0.6 is 0 Å². The molecule has 5 rings (SSSR count). The highest BCUT2D eigenvalue weighted by molar-refractivity contribution is 6.22.